The molecule has 1 aromatic heterocycles. The first-order chi connectivity index (χ1) is 15.5. The van der Waals surface area contributed by atoms with E-state index in [4.69, 9.17) is 4.74 Å². The summed E-state index contributed by atoms with van der Waals surface area (Å²) in [5.74, 6) is 0. The molecule has 0 spiro atoms. The highest BCUT2D eigenvalue weighted by Crippen LogP contribution is 2.38. The Hall–Kier alpha value is -2.40. The summed E-state index contributed by atoms with van der Waals surface area (Å²) in [5, 5.41) is 13.5. The van der Waals surface area contributed by atoms with Crippen LogP contribution in [-0.4, -0.2) is 36.4 Å². The number of aliphatic hydroxyl groups is 1. The van der Waals surface area contributed by atoms with E-state index in [-0.39, 0.29) is 42.6 Å². The van der Waals surface area contributed by atoms with Crippen molar-refractivity contribution in [2.75, 3.05) is 20.3 Å². The number of ether oxygens (including phenoxy) is 1. The molecule has 0 aliphatic rings. The smallest absolute Gasteiger partial charge is 0.387 e. The van der Waals surface area contributed by atoms with Crippen molar-refractivity contribution in [3.05, 3.63) is 77.0 Å². The Kier molecular flexibility index (Phi) is 9.29. The second kappa shape index (κ2) is 11.4. The predicted molar refractivity (Wildman–Crippen MR) is 118 cm³/mol. The lowest BCUT2D eigenvalue weighted by atomic mass is 9.99. The molecule has 0 aliphatic heterocycles. The van der Waals surface area contributed by atoms with Gasteiger partial charge in [0, 0.05) is 25.1 Å². The molecule has 0 saturated heterocycles. The molecule has 2 atom stereocenters. The number of nitrogens with one attached hydrogen (secondary N) is 1. The molecule has 0 aliphatic carbocycles. The van der Waals surface area contributed by atoms with Crippen molar-refractivity contribution < 1.29 is 36.2 Å². The first-order valence-corrected chi connectivity index (χ1v) is 10.0. The van der Waals surface area contributed by atoms with Crippen LogP contribution in [-0.2, 0) is 23.5 Å². The van der Waals surface area contributed by atoms with Gasteiger partial charge in [-0.2, -0.15) is 26.3 Å². The molecule has 0 bridgehead atoms. The van der Waals surface area contributed by atoms with E-state index in [1.54, 1.807) is 0 Å². The Labute approximate surface area is 198 Å². The van der Waals surface area contributed by atoms with Crippen LogP contribution >= 0.6 is 12.4 Å². The van der Waals surface area contributed by atoms with Gasteiger partial charge in [0.25, 0.3) is 0 Å². The molecule has 0 radical (unpaired) electrons. The van der Waals surface area contributed by atoms with Crippen LogP contribution in [0.5, 0.6) is 0 Å². The van der Waals surface area contributed by atoms with Crippen molar-refractivity contribution in [2.24, 2.45) is 0 Å². The number of para-hydroxylation sites is 1. The van der Waals surface area contributed by atoms with Crippen molar-refractivity contribution in [3.8, 4) is 0 Å². The van der Waals surface area contributed by atoms with Crippen LogP contribution in [0, 0.1) is 0 Å². The van der Waals surface area contributed by atoms with E-state index in [2.05, 4.69) is 10.3 Å². The fraction of sp³-hybridized carbons (Fsp3) is 0.348. The average Bonchev–Trinajstić information content (AvgIpc) is 2.75. The topological polar surface area (TPSA) is 54.4 Å². The number of methoxy groups -OCH3 is 1. The number of hydrogen-bond acceptors (Lipinski definition) is 4. The van der Waals surface area contributed by atoms with Gasteiger partial charge in [0.15, 0.2) is 0 Å². The Bertz CT molecular complexity index is 1080. The Morgan fingerprint density at radius 3 is 2.24 bits per heavy atom. The zero-order valence-corrected chi connectivity index (χ0v) is 18.8. The molecule has 2 N–H and O–H groups in total. The molecule has 0 unspecified atom stereocenters. The molecule has 3 aromatic rings. The number of rotatable bonds is 8. The van der Waals surface area contributed by atoms with Crippen LogP contribution in [0.1, 0.15) is 28.5 Å². The number of aromatic nitrogens is 1. The van der Waals surface area contributed by atoms with Gasteiger partial charge < -0.3 is 15.2 Å². The maximum atomic E-state index is 13.4. The van der Waals surface area contributed by atoms with Gasteiger partial charge in [0.2, 0.25) is 0 Å². The number of hydrogen-bond donors (Lipinski definition) is 2. The monoisotopic (exact) mass is 508 g/mol. The van der Waals surface area contributed by atoms with Gasteiger partial charge in [0.05, 0.1) is 23.8 Å². The first kappa shape index (κ1) is 27.8. The maximum Gasteiger partial charge on any atom is 0.433 e. The zero-order valence-electron chi connectivity index (χ0n) is 18.0. The third-order valence-electron chi connectivity index (χ3n) is 5.12. The number of benzene rings is 2. The first-order valence-electron chi connectivity index (χ1n) is 10.0. The number of fused-ring (bicyclic) bond motifs is 1. The third kappa shape index (κ3) is 6.82. The van der Waals surface area contributed by atoms with E-state index < -0.39 is 35.2 Å². The van der Waals surface area contributed by atoms with Gasteiger partial charge in [-0.15, -0.1) is 12.4 Å². The summed E-state index contributed by atoms with van der Waals surface area (Å²) < 4.78 is 85.6. The number of pyridine rings is 1. The van der Waals surface area contributed by atoms with Crippen molar-refractivity contribution >= 4 is 23.3 Å². The highest BCUT2D eigenvalue weighted by molar-refractivity contribution is 5.86. The summed E-state index contributed by atoms with van der Waals surface area (Å²) in [6.45, 7) is 0.0538. The third-order valence-corrected chi connectivity index (χ3v) is 5.12. The molecular formula is C23H23ClF6N2O2. The maximum absolute atomic E-state index is 13.4. The molecule has 0 amide bonds. The predicted octanol–water partition coefficient (Wildman–Crippen LogP) is 5.57. The normalized spacial score (nSPS) is 14.0. The fourth-order valence-corrected chi connectivity index (χ4v) is 3.60. The van der Waals surface area contributed by atoms with E-state index in [1.807, 2.05) is 30.3 Å². The quantitative estimate of drug-likeness (QED) is 0.390. The highest BCUT2D eigenvalue weighted by Gasteiger charge is 2.38. The lowest BCUT2D eigenvalue weighted by Crippen LogP contribution is -2.38. The number of aliphatic hydroxyl groups excluding tert-OH is 1. The lowest BCUT2D eigenvalue weighted by Gasteiger charge is -2.22. The molecule has 186 valence electrons. The summed E-state index contributed by atoms with van der Waals surface area (Å²) in [6, 6.07) is 12.6. The minimum Gasteiger partial charge on any atom is -0.387 e. The Morgan fingerprint density at radius 2 is 1.65 bits per heavy atom. The van der Waals surface area contributed by atoms with Crippen molar-refractivity contribution in [2.45, 2.75) is 30.9 Å². The molecule has 34 heavy (non-hydrogen) atoms. The van der Waals surface area contributed by atoms with Crippen LogP contribution in [0.25, 0.3) is 10.9 Å². The minimum absolute atomic E-state index is 0. The van der Waals surface area contributed by atoms with E-state index in [9.17, 15) is 31.4 Å². The van der Waals surface area contributed by atoms with Crippen LogP contribution in [0.15, 0.2) is 54.6 Å². The van der Waals surface area contributed by atoms with Crippen molar-refractivity contribution in [1.82, 2.24) is 10.3 Å². The van der Waals surface area contributed by atoms with Crippen LogP contribution in [0.2, 0.25) is 0 Å². The fourth-order valence-electron chi connectivity index (χ4n) is 3.60. The standard InChI is InChI=1S/C23H22F6N2O2.ClH/c1-33-13-15(10-14-6-3-2-4-7-14)30-12-19(32)17-11-20(23(27,28)29)31-21-16(17)8-5-9-18(21)22(24,25)26;/h2-9,11,15,19,30,32H,10,12-13H2,1H3;1H/t15-,19+;/m0./s1. The number of alkyl halides is 6. The van der Waals surface area contributed by atoms with E-state index in [0.29, 0.717) is 18.6 Å². The summed E-state index contributed by atoms with van der Waals surface area (Å²) in [6.07, 6.45) is -10.9. The molecule has 4 nitrogen and oxygen atoms in total. The van der Waals surface area contributed by atoms with Crippen LogP contribution in [0.4, 0.5) is 26.3 Å². The molecule has 1 heterocycles. The summed E-state index contributed by atoms with van der Waals surface area (Å²) in [5.41, 5.74) is -2.97. The van der Waals surface area contributed by atoms with E-state index in [0.717, 1.165) is 11.6 Å². The SMILES string of the molecule is COC[C@H](Cc1ccccc1)NC[C@@H](O)c1cc(C(F)(F)F)nc2c(C(F)(F)F)cccc12.Cl. The van der Waals surface area contributed by atoms with Crippen LogP contribution < -0.4 is 5.32 Å². The molecule has 2 aromatic carbocycles. The second-order valence-electron chi connectivity index (χ2n) is 7.56. The van der Waals surface area contributed by atoms with Crippen molar-refractivity contribution in [1.29, 1.82) is 0 Å². The number of halogens is 7. The van der Waals surface area contributed by atoms with Gasteiger partial charge in [-0.3, -0.25) is 0 Å². The van der Waals surface area contributed by atoms with Gasteiger partial charge in [-0.1, -0.05) is 42.5 Å². The molecular weight excluding hydrogens is 486 g/mol. The molecule has 0 fully saturated rings. The number of nitrogens with zero attached hydrogens (tertiary/aromatic N) is 1. The molecule has 3 rings (SSSR count). The average molecular weight is 509 g/mol. The highest BCUT2D eigenvalue weighted by atomic mass is 35.5. The van der Waals surface area contributed by atoms with Crippen LogP contribution in [0.3, 0.4) is 0 Å². The largest absolute Gasteiger partial charge is 0.433 e. The Morgan fingerprint density at radius 1 is 0.971 bits per heavy atom. The van der Waals surface area contributed by atoms with Gasteiger partial charge in [-0.05, 0) is 29.7 Å². The summed E-state index contributed by atoms with van der Waals surface area (Å²) >= 11 is 0. The van der Waals surface area contributed by atoms with Gasteiger partial charge in [-0.25, -0.2) is 4.98 Å². The zero-order chi connectivity index (χ0) is 24.2. The summed E-state index contributed by atoms with van der Waals surface area (Å²) in [7, 11) is 1.49. The minimum atomic E-state index is -4.99. The summed E-state index contributed by atoms with van der Waals surface area (Å²) in [4.78, 5) is 3.24. The van der Waals surface area contributed by atoms with Gasteiger partial charge >= 0.3 is 12.4 Å². The second-order valence-corrected chi connectivity index (χ2v) is 7.56. The van der Waals surface area contributed by atoms with E-state index in [1.165, 1.54) is 13.2 Å². The molecule has 0 saturated carbocycles. The Balaban J connectivity index is 0.00000408. The van der Waals surface area contributed by atoms with Crippen molar-refractivity contribution in [3.63, 3.8) is 0 Å². The lowest BCUT2D eigenvalue weighted by molar-refractivity contribution is -0.142. The molecule has 11 heteroatoms. The van der Waals surface area contributed by atoms with Gasteiger partial charge in [0.1, 0.15) is 5.69 Å². The van der Waals surface area contributed by atoms with E-state index >= 15 is 0 Å².